The molecule has 2 heterocycles. The maximum Gasteiger partial charge on any atom is 0.459 e. The fourth-order valence-corrected chi connectivity index (χ4v) is 5.23. The lowest BCUT2D eigenvalue weighted by Gasteiger charge is -2.30. The summed E-state index contributed by atoms with van der Waals surface area (Å²) in [5.74, 6) is -0.984. The number of amides is 1. The Morgan fingerprint density at radius 3 is 2.51 bits per heavy atom. The lowest BCUT2D eigenvalue weighted by atomic mass is 10.1. The van der Waals surface area contributed by atoms with Crippen LogP contribution in [0.2, 0.25) is 0 Å². The number of benzene rings is 2. The zero-order valence-corrected chi connectivity index (χ0v) is 21.8. The van der Waals surface area contributed by atoms with Gasteiger partial charge in [0, 0.05) is 0 Å². The van der Waals surface area contributed by atoms with Crippen LogP contribution >= 0.6 is 7.75 Å². The van der Waals surface area contributed by atoms with E-state index in [4.69, 9.17) is 18.5 Å². The minimum Gasteiger partial charge on any atom is -0.460 e. The largest absolute Gasteiger partial charge is 0.460 e. The first-order chi connectivity index (χ1) is 18.6. The molecule has 14 heteroatoms. The first-order valence-corrected chi connectivity index (χ1v) is 13.5. The van der Waals surface area contributed by atoms with Crippen molar-refractivity contribution in [1.82, 2.24) is 15.4 Å². The van der Waals surface area contributed by atoms with Crippen molar-refractivity contribution in [3.8, 4) is 5.75 Å². The van der Waals surface area contributed by atoms with Gasteiger partial charge in [0.05, 0.1) is 6.61 Å². The van der Waals surface area contributed by atoms with Crippen molar-refractivity contribution in [1.29, 1.82) is 0 Å². The average Bonchev–Trinajstić information content (AvgIpc) is 3.20. The molecular formula is C25H29N4O9P. The minimum absolute atomic E-state index is 0.0164. The second-order valence-corrected chi connectivity index (χ2v) is 10.4. The maximum absolute atomic E-state index is 13.7. The van der Waals surface area contributed by atoms with E-state index < -0.39 is 56.8 Å². The van der Waals surface area contributed by atoms with Crippen molar-refractivity contribution < 1.29 is 42.9 Å². The van der Waals surface area contributed by atoms with Crippen molar-refractivity contribution in [2.45, 2.75) is 44.1 Å². The Labute approximate surface area is 224 Å². The summed E-state index contributed by atoms with van der Waals surface area (Å²) in [5.41, 5.74) is 0.777. The molecule has 2 aromatic rings. The van der Waals surface area contributed by atoms with Crippen LogP contribution in [-0.4, -0.2) is 70.5 Å². The van der Waals surface area contributed by atoms with Crippen molar-refractivity contribution in [2.75, 3.05) is 6.61 Å². The number of hydrazone groups is 1. The van der Waals surface area contributed by atoms with Crippen molar-refractivity contribution >= 4 is 25.8 Å². The number of carbonyl (C=O) groups excluding carboxylic acids is 2. The molecule has 0 aromatic heterocycles. The van der Waals surface area contributed by atoms with E-state index in [1.54, 1.807) is 42.5 Å². The Morgan fingerprint density at radius 1 is 1.18 bits per heavy atom. The number of ether oxygens (including phenoxy) is 2. The van der Waals surface area contributed by atoms with Crippen LogP contribution in [0.25, 0.3) is 0 Å². The molecule has 2 aliphatic heterocycles. The fourth-order valence-electron chi connectivity index (χ4n) is 3.73. The quantitative estimate of drug-likeness (QED) is 0.231. The molecule has 6 atom stereocenters. The molecule has 2 aliphatic rings. The van der Waals surface area contributed by atoms with E-state index in [0.717, 1.165) is 16.8 Å². The second-order valence-electron chi connectivity index (χ2n) is 8.71. The van der Waals surface area contributed by atoms with E-state index in [-0.39, 0.29) is 18.2 Å². The summed E-state index contributed by atoms with van der Waals surface area (Å²) in [7, 11) is -4.26. The fraction of sp³-hybridized carbons (Fsp3) is 0.320. The van der Waals surface area contributed by atoms with Crippen LogP contribution in [0.15, 0.2) is 78.2 Å². The van der Waals surface area contributed by atoms with Crippen LogP contribution in [0.1, 0.15) is 12.5 Å². The Kier molecular flexibility index (Phi) is 9.12. The molecule has 0 bridgehead atoms. The van der Waals surface area contributed by atoms with E-state index in [2.05, 4.69) is 22.1 Å². The lowest BCUT2D eigenvalue weighted by Crippen LogP contribution is -2.47. The highest BCUT2D eigenvalue weighted by molar-refractivity contribution is 7.52. The van der Waals surface area contributed by atoms with Gasteiger partial charge in [-0.2, -0.15) is 10.2 Å². The standard InChI is InChI=1S/C25H29N4O9P/c1-16(25(33)35-14-18-9-5-3-6-10-18)28-39(34,38-19-11-7-4-8-12-19)36-15-20-22(31)23(32)24(37-20)29-17(2)27-21(30)13-26-29/h3-13,16,20,22-24,31-32H,2,14-15H2,1H3,(H,27,30)(H,28,34)/t16-,20+,22?,23-,24+,39?/m0/s1. The van der Waals surface area contributed by atoms with E-state index in [9.17, 15) is 24.4 Å². The molecule has 1 fully saturated rings. The minimum atomic E-state index is -4.26. The van der Waals surface area contributed by atoms with Gasteiger partial charge in [-0.25, -0.2) is 9.57 Å². The van der Waals surface area contributed by atoms with Crippen LogP contribution in [0, 0.1) is 0 Å². The molecule has 1 amide bonds. The molecule has 0 aliphatic carbocycles. The third kappa shape index (κ3) is 7.30. The van der Waals surface area contributed by atoms with E-state index in [1.165, 1.54) is 6.92 Å². The number of hydrogen-bond acceptors (Lipinski definition) is 11. The molecule has 2 aromatic carbocycles. The number of hydrogen-bond donors (Lipinski definition) is 4. The van der Waals surface area contributed by atoms with E-state index in [1.807, 2.05) is 18.2 Å². The molecule has 0 saturated carbocycles. The highest BCUT2D eigenvalue weighted by Gasteiger charge is 2.48. The van der Waals surface area contributed by atoms with Crippen molar-refractivity contribution in [3.05, 3.63) is 78.6 Å². The van der Waals surface area contributed by atoms with Gasteiger partial charge in [-0.1, -0.05) is 55.1 Å². The zero-order chi connectivity index (χ0) is 28.0. The summed E-state index contributed by atoms with van der Waals surface area (Å²) in [6, 6.07) is 16.1. The smallest absolute Gasteiger partial charge is 0.459 e. The summed E-state index contributed by atoms with van der Waals surface area (Å²) < 4.78 is 35.9. The average molecular weight is 561 g/mol. The molecule has 13 nitrogen and oxygen atoms in total. The third-order valence-corrected chi connectivity index (χ3v) is 7.37. The first-order valence-electron chi connectivity index (χ1n) is 12.0. The number of carbonyl (C=O) groups is 2. The van der Waals surface area contributed by atoms with Crippen molar-refractivity contribution in [2.24, 2.45) is 5.10 Å². The number of esters is 1. The molecule has 4 N–H and O–H groups in total. The number of aliphatic hydroxyl groups is 2. The van der Waals surface area contributed by atoms with Gasteiger partial charge in [-0.15, -0.1) is 0 Å². The van der Waals surface area contributed by atoms with Gasteiger partial charge in [0.15, 0.2) is 6.23 Å². The molecule has 4 rings (SSSR count). The molecule has 1 saturated heterocycles. The SMILES string of the molecule is C=C1NC(=O)C=NN1[C@@H]1O[C@H](COP(=O)(N[C@@H](C)C(=O)OCc2ccccc2)Oc2ccccc2)C(O)[C@@H]1O. The normalized spacial score (nSPS) is 25.1. The summed E-state index contributed by atoms with van der Waals surface area (Å²) in [6.07, 6.45) is -4.39. The van der Waals surface area contributed by atoms with Crippen LogP contribution < -0.4 is 14.9 Å². The highest BCUT2D eigenvalue weighted by Crippen LogP contribution is 2.45. The Morgan fingerprint density at radius 2 is 1.85 bits per heavy atom. The number of nitrogens with one attached hydrogen (secondary N) is 2. The molecule has 0 radical (unpaired) electrons. The second kappa shape index (κ2) is 12.5. The van der Waals surface area contributed by atoms with E-state index in [0.29, 0.717) is 0 Å². The van der Waals surface area contributed by atoms with Gasteiger partial charge < -0.3 is 29.5 Å². The monoisotopic (exact) mass is 560 g/mol. The molecule has 0 spiro atoms. The van der Waals surface area contributed by atoms with Crippen LogP contribution in [-0.2, 0) is 34.8 Å². The summed E-state index contributed by atoms with van der Waals surface area (Å²) in [5, 5.41) is 31.0. The van der Waals surface area contributed by atoms with E-state index >= 15 is 0 Å². The molecule has 2 unspecified atom stereocenters. The Bertz CT molecular complexity index is 1250. The van der Waals surface area contributed by atoms with Gasteiger partial charge in [-0.3, -0.25) is 14.1 Å². The Hall–Kier alpha value is -3.58. The summed E-state index contributed by atoms with van der Waals surface area (Å²) >= 11 is 0. The van der Waals surface area contributed by atoms with Crippen LogP contribution in [0.3, 0.4) is 0 Å². The van der Waals surface area contributed by atoms with Crippen LogP contribution in [0.5, 0.6) is 5.75 Å². The number of nitrogens with zero attached hydrogens (tertiary/aromatic N) is 2. The van der Waals surface area contributed by atoms with Gasteiger partial charge in [0.25, 0.3) is 5.91 Å². The number of aliphatic hydroxyl groups excluding tert-OH is 2. The van der Waals surface area contributed by atoms with Gasteiger partial charge in [0.2, 0.25) is 0 Å². The first kappa shape index (κ1) is 28.4. The Balaban J connectivity index is 1.42. The molecule has 39 heavy (non-hydrogen) atoms. The lowest BCUT2D eigenvalue weighted by molar-refractivity contribution is -0.146. The number of rotatable bonds is 11. The maximum atomic E-state index is 13.7. The zero-order valence-electron chi connectivity index (χ0n) is 21.0. The van der Waals surface area contributed by atoms with Gasteiger partial charge in [0.1, 0.15) is 48.7 Å². The predicted molar refractivity (Wildman–Crippen MR) is 138 cm³/mol. The van der Waals surface area contributed by atoms with Gasteiger partial charge >= 0.3 is 13.7 Å². The predicted octanol–water partition coefficient (Wildman–Crippen LogP) is 1.25. The highest BCUT2D eigenvalue weighted by atomic mass is 31.2. The topological polar surface area (TPSA) is 168 Å². The van der Waals surface area contributed by atoms with Gasteiger partial charge in [-0.05, 0) is 24.6 Å². The third-order valence-electron chi connectivity index (χ3n) is 5.73. The van der Waals surface area contributed by atoms with Crippen molar-refractivity contribution in [3.63, 3.8) is 0 Å². The molecular weight excluding hydrogens is 531 g/mol. The number of para-hydroxylation sites is 1. The van der Waals surface area contributed by atoms with Crippen LogP contribution in [0.4, 0.5) is 0 Å². The summed E-state index contributed by atoms with van der Waals surface area (Å²) in [6.45, 7) is 4.60. The molecule has 208 valence electrons. The summed E-state index contributed by atoms with van der Waals surface area (Å²) in [4.78, 5) is 24.1.